The van der Waals surface area contributed by atoms with E-state index < -0.39 is 15.4 Å². The molecule has 2 atom stereocenters. The van der Waals surface area contributed by atoms with Gasteiger partial charge in [0.2, 0.25) is 0 Å². The molecule has 0 saturated carbocycles. The standard InChI is InChI=1S/C15H33NO3S/c1-5-7-8-9-10-11-14(12-13-16(3)4)15(6-2)20(17,18)19/h14-15H,5-13H2,1-4H3,(H,17,18,19). The van der Waals surface area contributed by atoms with Gasteiger partial charge in [-0.05, 0) is 45.8 Å². The monoisotopic (exact) mass is 307 g/mol. The summed E-state index contributed by atoms with van der Waals surface area (Å²) in [6, 6.07) is 0. The van der Waals surface area contributed by atoms with Gasteiger partial charge in [0, 0.05) is 0 Å². The number of unbranched alkanes of at least 4 members (excludes halogenated alkanes) is 4. The van der Waals surface area contributed by atoms with Gasteiger partial charge >= 0.3 is 0 Å². The number of hydrogen-bond donors (Lipinski definition) is 1. The molecule has 0 radical (unpaired) electrons. The third-order valence-electron chi connectivity index (χ3n) is 3.94. The van der Waals surface area contributed by atoms with Crippen LogP contribution in [0.1, 0.15) is 65.2 Å². The van der Waals surface area contributed by atoms with Crippen molar-refractivity contribution in [2.24, 2.45) is 5.92 Å². The van der Waals surface area contributed by atoms with E-state index in [4.69, 9.17) is 0 Å². The topological polar surface area (TPSA) is 57.6 Å². The zero-order valence-electron chi connectivity index (χ0n) is 13.6. The van der Waals surface area contributed by atoms with E-state index in [1.54, 1.807) is 0 Å². The summed E-state index contributed by atoms with van der Waals surface area (Å²) in [5.74, 6) is 0.0685. The van der Waals surface area contributed by atoms with Crippen LogP contribution < -0.4 is 0 Å². The molecule has 5 heteroatoms. The van der Waals surface area contributed by atoms with Crippen LogP contribution >= 0.6 is 0 Å². The van der Waals surface area contributed by atoms with E-state index >= 15 is 0 Å². The number of rotatable bonds is 12. The van der Waals surface area contributed by atoms with Crippen LogP contribution in [0.2, 0.25) is 0 Å². The van der Waals surface area contributed by atoms with E-state index in [1.165, 1.54) is 19.3 Å². The number of hydrogen-bond acceptors (Lipinski definition) is 3. The maximum Gasteiger partial charge on any atom is 0.268 e. The molecule has 0 saturated heterocycles. The first-order chi connectivity index (χ1) is 9.32. The quantitative estimate of drug-likeness (QED) is 0.442. The van der Waals surface area contributed by atoms with Crippen molar-refractivity contribution in [3.05, 3.63) is 0 Å². The predicted octanol–water partition coefficient (Wildman–Crippen LogP) is 3.58. The van der Waals surface area contributed by atoms with Gasteiger partial charge in [-0.25, -0.2) is 0 Å². The van der Waals surface area contributed by atoms with Crippen molar-refractivity contribution in [1.29, 1.82) is 0 Å². The molecule has 20 heavy (non-hydrogen) atoms. The number of nitrogens with zero attached hydrogens (tertiary/aromatic N) is 1. The maximum absolute atomic E-state index is 11.5. The molecule has 0 aliphatic carbocycles. The lowest BCUT2D eigenvalue weighted by atomic mass is 9.92. The Morgan fingerprint density at radius 2 is 1.60 bits per heavy atom. The summed E-state index contributed by atoms with van der Waals surface area (Å²) in [4.78, 5) is 2.07. The summed E-state index contributed by atoms with van der Waals surface area (Å²) in [5, 5.41) is -0.603. The van der Waals surface area contributed by atoms with Gasteiger partial charge in [-0.15, -0.1) is 0 Å². The van der Waals surface area contributed by atoms with Crippen LogP contribution in [-0.4, -0.2) is 43.8 Å². The lowest BCUT2D eigenvalue weighted by molar-refractivity contribution is 0.311. The third kappa shape index (κ3) is 8.93. The van der Waals surface area contributed by atoms with Crippen LogP contribution in [-0.2, 0) is 10.1 Å². The molecule has 0 bridgehead atoms. The van der Waals surface area contributed by atoms with Gasteiger partial charge in [0.05, 0.1) is 5.25 Å². The second kappa shape index (κ2) is 10.6. The normalized spacial score (nSPS) is 15.5. The lowest BCUT2D eigenvalue weighted by Crippen LogP contribution is -2.31. The highest BCUT2D eigenvalue weighted by molar-refractivity contribution is 7.86. The highest BCUT2D eigenvalue weighted by Gasteiger charge is 2.29. The van der Waals surface area contributed by atoms with E-state index in [0.29, 0.717) is 6.42 Å². The molecule has 0 aromatic heterocycles. The van der Waals surface area contributed by atoms with E-state index in [9.17, 15) is 13.0 Å². The van der Waals surface area contributed by atoms with Crippen molar-refractivity contribution >= 4 is 10.1 Å². The van der Waals surface area contributed by atoms with Crippen LogP contribution in [0.25, 0.3) is 0 Å². The SMILES string of the molecule is CCCCCCCC(CCN(C)C)C(CC)S(=O)(=O)O. The van der Waals surface area contributed by atoms with Gasteiger partial charge in [0.15, 0.2) is 0 Å². The van der Waals surface area contributed by atoms with Gasteiger partial charge in [-0.3, -0.25) is 4.55 Å². The predicted molar refractivity (Wildman–Crippen MR) is 85.7 cm³/mol. The van der Waals surface area contributed by atoms with Crippen molar-refractivity contribution < 1.29 is 13.0 Å². The Labute approximate surface area is 125 Å². The summed E-state index contributed by atoms with van der Waals surface area (Å²) in [6.07, 6.45) is 8.13. The minimum atomic E-state index is -3.93. The zero-order chi connectivity index (χ0) is 15.6. The summed E-state index contributed by atoms with van der Waals surface area (Å²) in [6.45, 7) is 4.90. The fourth-order valence-corrected chi connectivity index (χ4v) is 3.92. The van der Waals surface area contributed by atoms with Crippen LogP contribution in [0, 0.1) is 5.92 Å². The Morgan fingerprint density at radius 3 is 2.05 bits per heavy atom. The van der Waals surface area contributed by atoms with Gasteiger partial charge in [0.1, 0.15) is 0 Å². The first-order valence-electron chi connectivity index (χ1n) is 7.93. The van der Waals surface area contributed by atoms with E-state index in [-0.39, 0.29) is 5.92 Å². The molecular weight excluding hydrogens is 274 g/mol. The summed E-state index contributed by atoms with van der Waals surface area (Å²) >= 11 is 0. The minimum absolute atomic E-state index is 0.0685. The molecule has 0 aromatic rings. The molecule has 0 heterocycles. The molecule has 0 aliphatic rings. The highest BCUT2D eigenvalue weighted by atomic mass is 32.2. The molecule has 4 nitrogen and oxygen atoms in total. The zero-order valence-corrected chi connectivity index (χ0v) is 14.5. The molecule has 0 aromatic carbocycles. The van der Waals surface area contributed by atoms with Gasteiger partial charge in [0.25, 0.3) is 10.1 Å². The van der Waals surface area contributed by atoms with Crippen LogP contribution in [0.15, 0.2) is 0 Å². The molecule has 0 rings (SSSR count). The molecule has 0 fully saturated rings. The first kappa shape index (κ1) is 19.9. The van der Waals surface area contributed by atoms with Crippen molar-refractivity contribution in [3.8, 4) is 0 Å². The van der Waals surface area contributed by atoms with E-state index in [1.807, 2.05) is 21.0 Å². The van der Waals surface area contributed by atoms with Gasteiger partial charge in [-0.2, -0.15) is 8.42 Å². The Hall–Kier alpha value is -0.130. The molecular formula is C15H33NO3S. The second-order valence-electron chi connectivity index (χ2n) is 6.02. The second-order valence-corrected chi connectivity index (χ2v) is 7.65. The Balaban J connectivity index is 4.46. The van der Waals surface area contributed by atoms with Crippen molar-refractivity contribution in [2.45, 2.75) is 70.5 Å². The largest absolute Gasteiger partial charge is 0.309 e. The Morgan fingerprint density at radius 1 is 1.00 bits per heavy atom. The van der Waals surface area contributed by atoms with Crippen LogP contribution in [0.3, 0.4) is 0 Å². The van der Waals surface area contributed by atoms with E-state index in [2.05, 4.69) is 11.8 Å². The fourth-order valence-electron chi connectivity index (χ4n) is 2.74. The fraction of sp³-hybridized carbons (Fsp3) is 1.00. The van der Waals surface area contributed by atoms with Gasteiger partial charge < -0.3 is 4.90 Å². The van der Waals surface area contributed by atoms with Crippen LogP contribution in [0.4, 0.5) is 0 Å². The summed E-state index contributed by atoms with van der Waals surface area (Å²) < 4.78 is 32.5. The van der Waals surface area contributed by atoms with Crippen LogP contribution in [0.5, 0.6) is 0 Å². The molecule has 0 amide bonds. The average molecular weight is 308 g/mol. The van der Waals surface area contributed by atoms with E-state index in [0.717, 1.165) is 32.2 Å². The summed E-state index contributed by atoms with van der Waals surface area (Å²) in [7, 11) is 0.0576. The minimum Gasteiger partial charge on any atom is -0.309 e. The molecule has 122 valence electrons. The molecule has 2 unspecified atom stereocenters. The Bertz CT molecular complexity index is 328. The molecule has 0 aliphatic heterocycles. The summed E-state index contributed by atoms with van der Waals surface area (Å²) in [5.41, 5.74) is 0. The smallest absolute Gasteiger partial charge is 0.268 e. The average Bonchev–Trinajstić information content (AvgIpc) is 2.33. The molecule has 0 spiro atoms. The highest BCUT2D eigenvalue weighted by Crippen LogP contribution is 2.25. The lowest BCUT2D eigenvalue weighted by Gasteiger charge is -2.25. The third-order valence-corrected chi connectivity index (χ3v) is 5.42. The first-order valence-corrected chi connectivity index (χ1v) is 9.44. The van der Waals surface area contributed by atoms with Crippen molar-refractivity contribution in [3.63, 3.8) is 0 Å². The maximum atomic E-state index is 11.5. The Kier molecular flexibility index (Phi) is 10.5. The van der Waals surface area contributed by atoms with Gasteiger partial charge in [-0.1, -0.05) is 46.0 Å². The van der Waals surface area contributed by atoms with Crippen molar-refractivity contribution in [1.82, 2.24) is 4.90 Å². The van der Waals surface area contributed by atoms with Crippen molar-refractivity contribution in [2.75, 3.05) is 20.6 Å². The molecule has 1 N–H and O–H groups in total.